The largest absolute Gasteiger partial charge is 0.477 e. The molecule has 0 unspecified atom stereocenters. The summed E-state index contributed by atoms with van der Waals surface area (Å²) < 4.78 is 1.78. The fourth-order valence-corrected chi connectivity index (χ4v) is 2.08. The first-order valence-corrected chi connectivity index (χ1v) is 6.03. The summed E-state index contributed by atoms with van der Waals surface area (Å²) in [6.45, 7) is 2.52. The average molecular weight is 260 g/mol. The topological polar surface area (TPSA) is 62.5 Å². The van der Waals surface area contributed by atoms with Crippen molar-refractivity contribution in [2.45, 2.75) is 13.5 Å². The third-order valence-electron chi connectivity index (χ3n) is 3.15. The van der Waals surface area contributed by atoms with Crippen LogP contribution in [0.1, 0.15) is 17.3 Å². The number of carboxylic acid groups (broad SMARTS) is 1. The van der Waals surface area contributed by atoms with Crippen molar-refractivity contribution >= 4 is 22.6 Å². The van der Waals surface area contributed by atoms with E-state index in [4.69, 9.17) is 5.11 Å². The van der Waals surface area contributed by atoms with E-state index in [1.54, 1.807) is 10.6 Å². The molecule has 1 aromatic heterocycles. The Morgan fingerprint density at radius 2 is 2.05 bits per heavy atom. The van der Waals surface area contributed by atoms with Gasteiger partial charge in [-0.15, -0.1) is 0 Å². The van der Waals surface area contributed by atoms with Crippen LogP contribution in [0.25, 0.3) is 10.9 Å². The van der Waals surface area contributed by atoms with E-state index in [1.807, 2.05) is 38.1 Å². The third kappa shape index (κ3) is 2.19. The van der Waals surface area contributed by atoms with Crippen LogP contribution in [0.5, 0.6) is 0 Å². The first-order valence-electron chi connectivity index (χ1n) is 6.03. The minimum atomic E-state index is -1.19. The van der Waals surface area contributed by atoms with Gasteiger partial charge in [-0.05, 0) is 25.1 Å². The van der Waals surface area contributed by atoms with E-state index in [2.05, 4.69) is 0 Å². The van der Waals surface area contributed by atoms with Crippen molar-refractivity contribution < 1.29 is 9.90 Å². The Balaban J connectivity index is 2.88. The maximum Gasteiger partial charge on any atom is 0.341 e. The number of carbonyl (C=O) groups is 1. The molecule has 1 N–H and O–H groups in total. The van der Waals surface area contributed by atoms with Gasteiger partial charge in [-0.2, -0.15) is 0 Å². The maximum absolute atomic E-state index is 12.2. The molecule has 0 radical (unpaired) electrons. The lowest BCUT2D eigenvalue weighted by Crippen LogP contribution is -2.19. The summed E-state index contributed by atoms with van der Waals surface area (Å²) in [5.74, 6) is -1.19. The predicted octanol–water partition coefficient (Wildman–Crippen LogP) is 1.79. The molecule has 0 saturated carbocycles. The molecule has 1 aromatic carbocycles. The number of hydrogen-bond acceptors (Lipinski definition) is 3. The van der Waals surface area contributed by atoms with Crippen LogP contribution in [0.3, 0.4) is 0 Å². The molecule has 5 heteroatoms. The van der Waals surface area contributed by atoms with E-state index in [9.17, 15) is 9.59 Å². The number of aryl methyl sites for hydroxylation is 1. The fraction of sp³-hybridized carbons (Fsp3) is 0.286. The fourth-order valence-electron chi connectivity index (χ4n) is 2.08. The Kier molecular flexibility index (Phi) is 3.29. The molecule has 0 fully saturated rings. The normalized spacial score (nSPS) is 10.7. The summed E-state index contributed by atoms with van der Waals surface area (Å²) in [4.78, 5) is 25.2. The summed E-state index contributed by atoms with van der Waals surface area (Å²) in [6, 6.07) is 5.49. The zero-order valence-electron chi connectivity index (χ0n) is 11.2. The molecule has 0 aliphatic heterocycles. The quantitative estimate of drug-likeness (QED) is 0.913. The summed E-state index contributed by atoms with van der Waals surface area (Å²) in [5, 5.41) is 9.54. The highest BCUT2D eigenvalue weighted by Gasteiger charge is 2.14. The number of hydrogen-bond donors (Lipinski definition) is 1. The Morgan fingerprint density at radius 1 is 1.37 bits per heavy atom. The van der Waals surface area contributed by atoms with Gasteiger partial charge in [0.05, 0.1) is 5.52 Å². The van der Waals surface area contributed by atoms with Crippen molar-refractivity contribution in [3.05, 3.63) is 40.2 Å². The maximum atomic E-state index is 12.2. The highest BCUT2D eigenvalue weighted by Crippen LogP contribution is 2.19. The average Bonchev–Trinajstić information content (AvgIpc) is 2.38. The van der Waals surface area contributed by atoms with Crippen molar-refractivity contribution in [2.24, 2.45) is 0 Å². The van der Waals surface area contributed by atoms with Gasteiger partial charge in [0.15, 0.2) is 0 Å². The standard InChI is InChI=1S/C14H16N2O3/c1-4-16-8-11(14(18)19)13(17)10-7-9(15(2)3)5-6-12(10)16/h5-8H,4H2,1-3H3,(H,18,19). The van der Waals surface area contributed by atoms with Crippen LogP contribution < -0.4 is 10.3 Å². The van der Waals surface area contributed by atoms with Crippen LogP contribution in [0.2, 0.25) is 0 Å². The summed E-state index contributed by atoms with van der Waals surface area (Å²) >= 11 is 0. The molecule has 0 spiro atoms. The van der Waals surface area contributed by atoms with E-state index in [1.165, 1.54) is 6.20 Å². The number of rotatable bonds is 3. The van der Waals surface area contributed by atoms with Crippen LogP contribution in [0.4, 0.5) is 5.69 Å². The van der Waals surface area contributed by atoms with Crippen LogP contribution in [-0.4, -0.2) is 29.7 Å². The van der Waals surface area contributed by atoms with E-state index >= 15 is 0 Å². The van der Waals surface area contributed by atoms with Gasteiger partial charge in [0.25, 0.3) is 0 Å². The van der Waals surface area contributed by atoms with Gasteiger partial charge in [-0.25, -0.2) is 4.79 Å². The lowest BCUT2D eigenvalue weighted by atomic mass is 10.1. The second-order valence-electron chi connectivity index (χ2n) is 4.56. The van der Waals surface area contributed by atoms with Crippen molar-refractivity contribution in [1.29, 1.82) is 0 Å². The van der Waals surface area contributed by atoms with Gasteiger partial charge in [-0.1, -0.05) is 0 Å². The highest BCUT2D eigenvalue weighted by molar-refractivity contribution is 5.93. The minimum Gasteiger partial charge on any atom is -0.477 e. The molecule has 19 heavy (non-hydrogen) atoms. The predicted molar refractivity (Wildman–Crippen MR) is 75.2 cm³/mol. The molecular weight excluding hydrogens is 244 g/mol. The van der Waals surface area contributed by atoms with Gasteiger partial charge in [0.2, 0.25) is 5.43 Å². The molecule has 100 valence electrons. The van der Waals surface area contributed by atoms with Gasteiger partial charge in [0, 0.05) is 37.9 Å². The number of carboxylic acids is 1. The van der Waals surface area contributed by atoms with E-state index < -0.39 is 11.4 Å². The molecule has 0 aliphatic rings. The highest BCUT2D eigenvalue weighted by atomic mass is 16.4. The summed E-state index contributed by atoms with van der Waals surface area (Å²) in [6.07, 6.45) is 1.41. The molecular formula is C14H16N2O3. The molecule has 5 nitrogen and oxygen atoms in total. The lowest BCUT2D eigenvalue weighted by Gasteiger charge is -2.15. The van der Waals surface area contributed by atoms with Crippen molar-refractivity contribution in [3.63, 3.8) is 0 Å². The smallest absolute Gasteiger partial charge is 0.341 e. The van der Waals surface area contributed by atoms with Gasteiger partial charge < -0.3 is 14.6 Å². The molecule has 0 amide bonds. The van der Waals surface area contributed by atoms with Gasteiger partial charge in [-0.3, -0.25) is 4.79 Å². The van der Waals surface area contributed by atoms with Crippen LogP contribution >= 0.6 is 0 Å². The van der Waals surface area contributed by atoms with Crippen molar-refractivity contribution in [3.8, 4) is 0 Å². The third-order valence-corrected chi connectivity index (χ3v) is 3.15. The van der Waals surface area contributed by atoms with E-state index in [0.717, 1.165) is 11.2 Å². The Hall–Kier alpha value is -2.30. The number of nitrogens with zero attached hydrogens (tertiary/aromatic N) is 2. The Labute approximate surface area is 110 Å². The molecule has 2 aromatic rings. The number of aromatic carboxylic acids is 1. The van der Waals surface area contributed by atoms with E-state index in [0.29, 0.717) is 11.9 Å². The molecule has 0 aliphatic carbocycles. The Morgan fingerprint density at radius 3 is 2.58 bits per heavy atom. The van der Waals surface area contributed by atoms with Crippen molar-refractivity contribution in [1.82, 2.24) is 4.57 Å². The number of benzene rings is 1. The van der Waals surface area contributed by atoms with Crippen molar-refractivity contribution in [2.75, 3.05) is 19.0 Å². The Bertz CT molecular complexity index is 702. The SMILES string of the molecule is CCn1cc(C(=O)O)c(=O)c2cc(N(C)C)ccc21. The number of fused-ring (bicyclic) bond motifs is 1. The van der Waals surface area contributed by atoms with Crippen LogP contribution in [-0.2, 0) is 6.54 Å². The number of aromatic nitrogens is 1. The molecule has 1 heterocycles. The van der Waals surface area contributed by atoms with Gasteiger partial charge in [0.1, 0.15) is 5.56 Å². The second kappa shape index (κ2) is 4.76. The first kappa shape index (κ1) is 13.1. The molecule has 0 atom stereocenters. The van der Waals surface area contributed by atoms with Gasteiger partial charge >= 0.3 is 5.97 Å². The molecule has 0 saturated heterocycles. The van der Waals surface area contributed by atoms with Crippen LogP contribution in [0.15, 0.2) is 29.2 Å². The lowest BCUT2D eigenvalue weighted by molar-refractivity contribution is 0.0695. The molecule has 2 rings (SSSR count). The molecule has 0 bridgehead atoms. The first-order chi connectivity index (χ1) is 8.95. The second-order valence-corrected chi connectivity index (χ2v) is 4.56. The minimum absolute atomic E-state index is 0.190. The van der Waals surface area contributed by atoms with Crippen LogP contribution in [0, 0.1) is 0 Å². The zero-order chi connectivity index (χ0) is 14.2. The monoisotopic (exact) mass is 260 g/mol. The van der Waals surface area contributed by atoms with E-state index in [-0.39, 0.29) is 5.56 Å². The summed E-state index contributed by atoms with van der Waals surface area (Å²) in [7, 11) is 3.75. The number of pyridine rings is 1. The number of anilines is 1. The zero-order valence-corrected chi connectivity index (χ0v) is 11.2. The summed E-state index contributed by atoms with van der Waals surface area (Å²) in [5.41, 5.74) is 0.999.